The smallest absolute Gasteiger partial charge is 0.173 e. The number of methoxy groups -OCH3 is 1. The Balaban J connectivity index is 1.58. The lowest BCUT2D eigenvalue weighted by molar-refractivity contribution is 0.390. The molecule has 24 heavy (non-hydrogen) atoms. The largest absolute Gasteiger partial charge is 0.497 e. The van der Waals surface area contributed by atoms with Crippen molar-refractivity contribution in [2.45, 2.75) is 6.92 Å². The Morgan fingerprint density at radius 2 is 1.79 bits per heavy atom. The van der Waals surface area contributed by atoms with Crippen LogP contribution in [0.15, 0.2) is 48.5 Å². The molecule has 0 amide bonds. The van der Waals surface area contributed by atoms with Crippen molar-refractivity contribution < 1.29 is 4.74 Å². The maximum atomic E-state index is 5.57. The van der Waals surface area contributed by atoms with Crippen molar-refractivity contribution in [3.8, 4) is 5.75 Å². The number of benzene rings is 2. The highest BCUT2D eigenvalue weighted by atomic mass is 32.1. The number of ether oxygens (including phenoxy) is 1. The van der Waals surface area contributed by atoms with Crippen molar-refractivity contribution >= 4 is 28.7 Å². The van der Waals surface area contributed by atoms with Gasteiger partial charge < -0.3 is 19.9 Å². The van der Waals surface area contributed by atoms with E-state index in [4.69, 9.17) is 17.0 Å². The van der Waals surface area contributed by atoms with E-state index >= 15 is 0 Å². The van der Waals surface area contributed by atoms with Crippen molar-refractivity contribution in [2.24, 2.45) is 0 Å². The molecule has 3 rings (SSSR count). The van der Waals surface area contributed by atoms with E-state index in [0.717, 1.165) is 42.7 Å². The van der Waals surface area contributed by atoms with Crippen molar-refractivity contribution in [3.63, 3.8) is 0 Å². The first kappa shape index (κ1) is 16.6. The molecule has 0 saturated carbocycles. The maximum absolute atomic E-state index is 5.57. The molecule has 0 aromatic heterocycles. The molecule has 2 aromatic rings. The number of hydrogen-bond donors (Lipinski definition) is 1. The van der Waals surface area contributed by atoms with Crippen molar-refractivity contribution in [1.82, 2.24) is 4.90 Å². The summed E-state index contributed by atoms with van der Waals surface area (Å²) < 4.78 is 5.25. The number of nitrogens with one attached hydrogen (secondary N) is 1. The molecule has 0 aliphatic carbocycles. The van der Waals surface area contributed by atoms with E-state index in [0.29, 0.717) is 0 Å². The fourth-order valence-corrected chi connectivity index (χ4v) is 3.27. The first-order valence-electron chi connectivity index (χ1n) is 8.18. The molecule has 2 aromatic carbocycles. The quantitative estimate of drug-likeness (QED) is 0.862. The molecule has 1 aliphatic rings. The summed E-state index contributed by atoms with van der Waals surface area (Å²) >= 11 is 5.57. The third-order valence-corrected chi connectivity index (χ3v) is 4.70. The molecule has 1 fully saturated rings. The Hall–Kier alpha value is -2.27. The van der Waals surface area contributed by atoms with E-state index in [-0.39, 0.29) is 0 Å². The van der Waals surface area contributed by atoms with Crippen molar-refractivity contribution in [1.29, 1.82) is 0 Å². The van der Waals surface area contributed by atoms with E-state index in [1.807, 2.05) is 24.3 Å². The zero-order chi connectivity index (χ0) is 16.9. The van der Waals surface area contributed by atoms with Gasteiger partial charge in [-0.25, -0.2) is 0 Å². The summed E-state index contributed by atoms with van der Waals surface area (Å²) in [6.07, 6.45) is 0. The van der Waals surface area contributed by atoms with Crippen LogP contribution in [0.25, 0.3) is 0 Å². The molecule has 0 spiro atoms. The van der Waals surface area contributed by atoms with Gasteiger partial charge in [0, 0.05) is 43.6 Å². The Morgan fingerprint density at radius 3 is 2.50 bits per heavy atom. The lowest BCUT2D eigenvalue weighted by atomic mass is 10.1. The number of anilines is 2. The molecule has 0 unspecified atom stereocenters. The lowest BCUT2D eigenvalue weighted by Crippen LogP contribution is -2.50. The molecule has 126 valence electrons. The summed E-state index contributed by atoms with van der Waals surface area (Å²) in [4.78, 5) is 4.66. The topological polar surface area (TPSA) is 27.7 Å². The van der Waals surface area contributed by atoms with Crippen LogP contribution in [-0.4, -0.2) is 43.3 Å². The van der Waals surface area contributed by atoms with Gasteiger partial charge in [0.1, 0.15) is 5.75 Å². The van der Waals surface area contributed by atoms with Crippen LogP contribution < -0.4 is 15.0 Å². The van der Waals surface area contributed by atoms with Gasteiger partial charge in [-0.3, -0.25) is 0 Å². The number of piperazine rings is 1. The normalized spacial score (nSPS) is 14.4. The molecule has 0 bridgehead atoms. The molecule has 1 N–H and O–H groups in total. The summed E-state index contributed by atoms with van der Waals surface area (Å²) in [5.41, 5.74) is 3.60. The SMILES string of the molecule is COc1cccc(NC(=S)N2CCN(c3ccccc3C)CC2)c1. The van der Waals surface area contributed by atoms with Gasteiger partial charge in [0.15, 0.2) is 5.11 Å². The van der Waals surface area contributed by atoms with Crippen LogP contribution in [0.3, 0.4) is 0 Å². The zero-order valence-corrected chi connectivity index (χ0v) is 15.0. The van der Waals surface area contributed by atoms with Gasteiger partial charge in [-0.15, -0.1) is 0 Å². The van der Waals surface area contributed by atoms with Crippen molar-refractivity contribution in [3.05, 3.63) is 54.1 Å². The van der Waals surface area contributed by atoms with Gasteiger partial charge in [0.25, 0.3) is 0 Å². The average Bonchev–Trinajstić information content (AvgIpc) is 2.62. The summed E-state index contributed by atoms with van der Waals surface area (Å²) in [7, 11) is 1.67. The third kappa shape index (κ3) is 3.79. The maximum Gasteiger partial charge on any atom is 0.173 e. The zero-order valence-electron chi connectivity index (χ0n) is 14.2. The molecule has 1 aliphatic heterocycles. The van der Waals surface area contributed by atoms with Crippen LogP contribution in [0, 0.1) is 6.92 Å². The number of hydrogen-bond acceptors (Lipinski definition) is 3. The Morgan fingerprint density at radius 1 is 1.04 bits per heavy atom. The van der Waals surface area contributed by atoms with Crippen molar-refractivity contribution in [2.75, 3.05) is 43.5 Å². The summed E-state index contributed by atoms with van der Waals surface area (Å²) in [6, 6.07) is 16.4. The minimum atomic E-state index is 0.771. The fraction of sp³-hybridized carbons (Fsp3) is 0.316. The predicted molar refractivity (Wildman–Crippen MR) is 104 cm³/mol. The van der Waals surface area contributed by atoms with Gasteiger partial charge in [0.05, 0.1) is 7.11 Å². The van der Waals surface area contributed by atoms with E-state index < -0.39 is 0 Å². The molecule has 4 nitrogen and oxygen atoms in total. The van der Waals surface area contributed by atoms with E-state index in [1.54, 1.807) is 7.11 Å². The number of para-hydroxylation sites is 1. The Labute approximate surface area is 149 Å². The first-order chi connectivity index (χ1) is 11.7. The summed E-state index contributed by atoms with van der Waals surface area (Å²) in [5, 5.41) is 4.08. The second-order valence-corrected chi connectivity index (χ2v) is 6.31. The van der Waals surface area contributed by atoms with Gasteiger partial charge >= 0.3 is 0 Å². The predicted octanol–water partition coefficient (Wildman–Crippen LogP) is 3.52. The fourth-order valence-electron chi connectivity index (χ4n) is 2.97. The monoisotopic (exact) mass is 341 g/mol. The molecular weight excluding hydrogens is 318 g/mol. The highest BCUT2D eigenvalue weighted by molar-refractivity contribution is 7.80. The third-order valence-electron chi connectivity index (χ3n) is 4.34. The van der Waals surface area contributed by atoms with Gasteiger partial charge in [-0.1, -0.05) is 24.3 Å². The van der Waals surface area contributed by atoms with Crippen LogP contribution in [0.5, 0.6) is 5.75 Å². The Kier molecular flexibility index (Phi) is 5.20. The number of nitrogens with zero attached hydrogens (tertiary/aromatic N) is 2. The lowest BCUT2D eigenvalue weighted by Gasteiger charge is -2.38. The molecular formula is C19H23N3OS. The minimum Gasteiger partial charge on any atom is -0.497 e. The highest BCUT2D eigenvalue weighted by Gasteiger charge is 2.20. The van der Waals surface area contributed by atoms with Crippen LogP contribution in [-0.2, 0) is 0 Å². The van der Waals surface area contributed by atoms with Crippen LogP contribution in [0.1, 0.15) is 5.56 Å². The van der Waals surface area contributed by atoms with Gasteiger partial charge in [0.2, 0.25) is 0 Å². The van der Waals surface area contributed by atoms with Crippen LogP contribution in [0.4, 0.5) is 11.4 Å². The summed E-state index contributed by atoms with van der Waals surface area (Å²) in [5.74, 6) is 0.826. The van der Waals surface area contributed by atoms with E-state index in [2.05, 4.69) is 46.3 Å². The van der Waals surface area contributed by atoms with E-state index in [1.165, 1.54) is 11.3 Å². The molecule has 0 atom stereocenters. The number of aryl methyl sites for hydroxylation is 1. The second-order valence-electron chi connectivity index (χ2n) is 5.92. The second kappa shape index (κ2) is 7.53. The van der Waals surface area contributed by atoms with Gasteiger partial charge in [-0.2, -0.15) is 0 Å². The Bertz CT molecular complexity index is 711. The van der Waals surface area contributed by atoms with E-state index in [9.17, 15) is 0 Å². The standard InChI is InChI=1S/C19H23N3OS/c1-15-6-3-4-9-18(15)21-10-12-22(13-11-21)19(24)20-16-7-5-8-17(14-16)23-2/h3-9,14H,10-13H2,1-2H3,(H,20,24). The van der Waals surface area contributed by atoms with Gasteiger partial charge in [-0.05, 0) is 42.9 Å². The summed E-state index contributed by atoms with van der Waals surface area (Å²) in [6.45, 7) is 5.96. The minimum absolute atomic E-state index is 0.771. The first-order valence-corrected chi connectivity index (χ1v) is 8.59. The molecule has 0 radical (unpaired) electrons. The molecule has 5 heteroatoms. The number of thiocarbonyl (C=S) groups is 1. The molecule has 1 saturated heterocycles. The molecule has 1 heterocycles. The average molecular weight is 341 g/mol. The van der Waals surface area contributed by atoms with Crippen LogP contribution >= 0.6 is 12.2 Å². The number of rotatable bonds is 3. The highest BCUT2D eigenvalue weighted by Crippen LogP contribution is 2.21. The van der Waals surface area contributed by atoms with Crippen LogP contribution in [0.2, 0.25) is 0 Å².